The number of benzene rings is 11. The summed E-state index contributed by atoms with van der Waals surface area (Å²) in [6, 6.07) is 93.4. The van der Waals surface area contributed by atoms with Gasteiger partial charge in [0.25, 0.3) is 0 Å². The molecule has 0 aliphatic rings. The Balaban J connectivity index is 1.01. The maximum Gasteiger partial charge on any atom is 0.238 e. The third kappa shape index (κ3) is 6.33. The summed E-state index contributed by atoms with van der Waals surface area (Å²) in [5.41, 5.74) is 16.0. The van der Waals surface area contributed by atoms with Gasteiger partial charge in [-0.1, -0.05) is 188 Å². The normalized spacial score (nSPS) is 11.9. The van der Waals surface area contributed by atoms with Crippen LogP contribution in [-0.2, 0) is 0 Å². The Bertz CT molecular complexity index is 4890. The molecule has 0 saturated carbocycles. The van der Waals surface area contributed by atoms with Crippen molar-refractivity contribution in [3.63, 3.8) is 0 Å². The van der Waals surface area contributed by atoms with Crippen molar-refractivity contribution in [2.45, 2.75) is 0 Å². The largest absolute Gasteiger partial charge is 0.309 e. The first-order chi connectivity index (χ1) is 37.7. The second kappa shape index (κ2) is 16.6. The van der Waals surface area contributed by atoms with E-state index in [4.69, 9.17) is 15.0 Å². The van der Waals surface area contributed by atoms with Gasteiger partial charge in [-0.25, -0.2) is 4.98 Å². The summed E-state index contributed by atoms with van der Waals surface area (Å²) in [6.45, 7) is 0. The summed E-state index contributed by atoms with van der Waals surface area (Å²) in [4.78, 5) is 16.5. The van der Waals surface area contributed by atoms with Crippen LogP contribution in [-0.4, -0.2) is 33.2 Å². The zero-order chi connectivity index (χ0) is 49.8. The molecule has 0 radical (unpaired) electrons. The van der Waals surface area contributed by atoms with Gasteiger partial charge in [0.05, 0.1) is 44.1 Å². The Kier molecular flexibility index (Phi) is 9.20. The molecule has 5 heterocycles. The van der Waals surface area contributed by atoms with Crippen LogP contribution in [0, 0.1) is 0 Å². The Labute approximate surface area is 436 Å². The summed E-state index contributed by atoms with van der Waals surface area (Å²) >= 11 is 0. The molecule has 7 heteroatoms. The summed E-state index contributed by atoms with van der Waals surface area (Å²) in [5.74, 6) is 1.69. The predicted octanol–water partition coefficient (Wildman–Crippen LogP) is 17.3. The van der Waals surface area contributed by atoms with Crippen LogP contribution in [0.15, 0.2) is 261 Å². The zero-order valence-corrected chi connectivity index (χ0v) is 41.0. The minimum Gasteiger partial charge on any atom is -0.309 e. The van der Waals surface area contributed by atoms with Crippen LogP contribution in [0.1, 0.15) is 0 Å². The summed E-state index contributed by atoms with van der Waals surface area (Å²) in [6.07, 6.45) is 0. The molecule has 0 spiro atoms. The summed E-state index contributed by atoms with van der Waals surface area (Å²) < 4.78 is 9.49. The predicted molar refractivity (Wildman–Crippen MR) is 313 cm³/mol. The van der Waals surface area contributed by atoms with Crippen molar-refractivity contribution >= 4 is 87.2 Å². The maximum absolute atomic E-state index is 5.61. The first-order valence-corrected chi connectivity index (χ1v) is 25.8. The van der Waals surface area contributed by atoms with Gasteiger partial charge in [-0.3, -0.25) is 4.57 Å². The number of fused-ring (bicyclic) bond motifs is 13. The molecule has 0 saturated heterocycles. The lowest BCUT2D eigenvalue weighted by Crippen LogP contribution is -2.07. The number of para-hydroxylation sites is 5. The van der Waals surface area contributed by atoms with Gasteiger partial charge < -0.3 is 13.7 Å². The molecule has 76 heavy (non-hydrogen) atoms. The fourth-order valence-electron chi connectivity index (χ4n) is 12.1. The second-order valence-corrected chi connectivity index (χ2v) is 19.6. The van der Waals surface area contributed by atoms with Gasteiger partial charge in [-0.15, -0.1) is 0 Å². The van der Waals surface area contributed by atoms with Crippen molar-refractivity contribution in [3.05, 3.63) is 261 Å². The van der Waals surface area contributed by atoms with Gasteiger partial charge in [0, 0.05) is 71.3 Å². The van der Waals surface area contributed by atoms with E-state index >= 15 is 0 Å². The fraction of sp³-hybridized carbons (Fsp3) is 0. The van der Waals surface area contributed by atoms with Crippen LogP contribution in [0.25, 0.3) is 144 Å². The van der Waals surface area contributed by atoms with Crippen molar-refractivity contribution in [2.24, 2.45) is 0 Å². The summed E-state index contributed by atoms with van der Waals surface area (Å²) in [7, 11) is 0. The molecule has 16 rings (SSSR count). The molecule has 0 unspecified atom stereocenters. The van der Waals surface area contributed by atoms with Crippen LogP contribution in [0.2, 0.25) is 0 Å². The highest BCUT2D eigenvalue weighted by atomic mass is 15.2. The highest BCUT2D eigenvalue weighted by Crippen LogP contribution is 2.44. The lowest BCUT2D eigenvalue weighted by Gasteiger charge is -2.14. The molecule has 0 bridgehead atoms. The number of rotatable bonds is 7. The molecule has 354 valence electrons. The maximum atomic E-state index is 5.61. The SMILES string of the molecule is c1ccc(-c2cccc(-n3c4ccccc4c4ccc5c6cc(-n7c8ccccc8c8ccccc87)ccc6n(-c6nc(-c7ccccc7)nc(-c7cccc(-n8c9ccccc9c9ccccc98)c7)n6)c5c43)c2)cc1. The van der Waals surface area contributed by atoms with Gasteiger partial charge >= 0.3 is 0 Å². The van der Waals surface area contributed by atoms with E-state index in [1.54, 1.807) is 0 Å². The Hall–Kier alpha value is -10.4. The smallest absolute Gasteiger partial charge is 0.238 e. The van der Waals surface area contributed by atoms with Crippen LogP contribution in [0.4, 0.5) is 0 Å². The van der Waals surface area contributed by atoms with Crippen LogP contribution in [0.3, 0.4) is 0 Å². The molecule has 0 aliphatic carbocycles. The van der Waals surface area contributed by atoms with Gasteiger partial charge in [-0.05, 0) is 83.9 Å². The first-order valence-electron chi connectivity index (χ1n) is 25.8. The van der Waals surface area contributed by atoms with E-state index in [-0.39, 0.29) is 0 Å². The summed E-state index contributed by atoms with van der Waals surface area (Å²) in [5, 5.41) is 9.33. The van der Waals surface area contributed by atoms with Crippen molar-refractivity contribution < 1.29 is 0 Å². The van der Waals surface area contributed by atoms with Crippen LogP contribution < -0.4 is 0 Å². The Morgan fingerprint density at radius 1 is 0.211 bits per heavy atom. The van der Waals surface area contributed by atoms with E-state index in [0.717, 1.165) is 105 Å². The van der Waals surface area contributed by atoms with Gasteiger partial charge in [-0.2, -0.15) is 9.97 Å². The molecular weight excluding hydrogens is 927 g/mol. The van der Waals surface area contributed by atoms with Crippen molar-refractivity contribution in [1.82, 2.24) is 33.2 Å². The number of nitrogens with zero attached hydrogens (tertiary/aromatic N) is 7. The number of hydrogen-bond acceptors (Lipinski definition) is 3. The average molecular weight is 970 g/mol. The monoisotopic (exact) mass is 969 g/mol. The Morgan fingerprint density at radius 3 is 1.16 bits per heavy atom. The minimum absolute atomic E-state index is 0.526. The van der Waals surface area contributed by atoms with Crippen molar-refractivity contribution in [3.8, 4) is 56.9 Å². The van der Waals surface area contributed by atoms with Crippen LogP contribution >= 0.6 is 0 Å². The molecule has 5 aromatic heterocycles. The van der Waals surface area contributed by atoms with E-state index in [1.165, 1.54) is 21.5 Å². The number of hydrogen-bond donors (Lipinski definition) is 0. The van der Waals surface area contributed by atoms with E-state index in [2.05, 4.69) is 261 Å². The Morgan fingerprint density at radius 2 is 0.592 bits per heavy atom. The van der Waals surface area contributed by atoms with Crippen molar-refractivity contribution in [2.75, 3.05) is 0 Å². The second-order valence-electron chi connectivity index (χ2n) is 19.6. The first kappa shape index (κ1) is 42.2. The molecule has 11 aromatic carbocycles. The topological polar surface area (TPSA) is 58.4 Å². The van der Waals surface area contributed by atoms with Gasteiger partial charge in [0.1, 0.15) is 0 Å². The van der Waals surface area contributed by atoms with E-state index < -0.39 is 0 Å². The van der Waals surface area contributed by atoms with Crippen molar-refractivity contribution in [1.29, 1.82) is 0 Å². The molecule has 0 fully saturated rings. The zero-order valence-electron chi connectivity index (χ0n) is 41.0. The number of aromatic nitrogens is 7. The molecule has 0 atom stereocenters. The highest BCUT2D eigenvalue weighted by molar-refractivity contribution is 6.24. The van der Waals surface area contributed by atoms with E-state index in [1.807, 2.05) is 18.2 Å². The quantitative estimate of drug-likeness (QED) is 0.160. The molecule has 0 amide bonds. The molecule has 0 N–H and O–H groups in total. The lowest BCUT2D eigenvalue weighted by molar-refractivity contribution is 0.953. The lowest BCUT2D eigenvalue weighted by atomic mass is 10.1. The molecule has 7 nitrogen and oxygen atoms in total. The average Bonchev–Trinajstić information content (AvgIpc) is 4.32. The third-order valence-corrected chi connectivity index (χ3v) is 15.4. The van der Waals surface area contributed by atoms with Gasteiger partial charge in [0.15, 0.2) is 11.6 Å². The van der Waals surface area contributed by atoms with E-state index in [0.29, 0.717) is 17.6 Å². The fourth-order valence-corrected chi connectivity index (χ4v) is 12.1. The third-order valence-electron chi connectivity index (χ3n) is 15.4. The highest BCUT2D eigenvalue weighted by Gasteiger charge is 2.25. The van der Waals surface area contributed by atoms with Crippen LogP contribution in [0.5, 0.6) is 0 Å². The molecular formula is C69H43N7. The minimum atomic E-state index is 0.526. The molecule has 16 aromatic rings. The van der Waals surface area contributed by atoms with Gasteiger partial charge in [0.2, 0.25) is 5.95 Å². The standard InChI is InChI=1S/C69H43N7/c1-3-19-44(20-4-1)46-23-17-26-49(41-46)75-63-36-16-11-31-55(63)56-38-39-57-58-43-50(74-61-34-14-9-29-53(61)54-30-10-15-35-62(54)74)37-40-64(58)76(66(57)65(56)75)69-71-67(45-21-5-2-6-22-45)70-68(72-69)47-24-18-25-48(42-47)73-59-32-12-7-27-51(59)52-28-8-13-33-60(52)73/h1-43H. The molecule has 0 aliphatic heterocycles. The van der Waals surface area contributed by atoms with E-state index in [9.17, 15) is 0 Å².